The van der Waals surface area contributed by atoms with Crippen molar-refractivity contribution in [2.24, 2.45) is 7.05 Å². The van der Waals surface area contributed by atoms with Gasteiger partial charge in [-0.05, 0) is 38.5 Å². The quantitative estimate of drug-likeness (QED) is 0.886. The maximum Gasteiger partial charge on any atom is 0.0802 e. The summed E-state index contributed by atoms with van der Waals surface area (Å²) in [7, 11) is 3.89. The molecule has 0 aromatic carbocycles. The molecule has 4 nitrogen and oxygen atoms in total. The zero-order chi connectivity index (χ0) is 12.6. The van der Waals surface area contributed by atoms with E-state index in [1.165, 1.54) is 49.8 Å². The van der Waals surface area contributed by atoms with E-state index < -0.39 is 0 Å². The normalized spacial score (nSPS) is 25.6. The van der Waals surface area contributed by atoms with Gasteiger partial charge >= 0.3 is 0 Å². The topological polar surface area (TPSA) is 39.1 Å². The van der Waals surface area contributed by atoms with Crippen LogP contribution in [0.15, 0.2) is 6.20 Å². The van der Waals surface area contributed by atoms with Gasteiger partial charge in [0.15, 0.2) is 0 Å². The Hall–Kier alpha value is -0.870. The molecule has 1 fully saturated rings. The lowest BCUT2D eigenvalue weighted by atomic mass is 9.79. The van der Waals surface area contributed by atoms with Gasteiger partial charge in [0.05, 0.1) is 11.8 Å². The molecule has 1 aromatic heterocycles. The van der Waals surface area contributed by atoms with E-state index in [0.29, 0.717) is 6.04 Å². The Morgan fingerprint density at radius 1 is 1.50 bits per heavy atom. The van der Waals surface area contributed by atoms with Gasteiger partial charge in [-0.15, -0.1) is 0 Å². The van der Waals surface area contributed by atoms with Gasteiger partial charge in [0, 0.05) is 38.0 Å². The van der Waals surface area contributed by atoms with Gasteiger partial charge in [-0.25, -0.2) is 0 Å². The van der Waals surface area contributed by atoms with Crippen molar-refractivity contribution in [3.63, 3.8) is 0 Å². The first kappa shape index (κ1) is 12.2. The van der Waals surface area contributed by atoms with Gasteiger partial charge < -0.3 is 10.1 Å². The third-order valence-corrected chi connectivity index (χ3v) is 4.74. The summed E-state index contributed by atoms with van der Waals surface area (Å²) < 4.78 is 7.70. The fourth-order valence-corrected chi connectivity index (χ4v) is 3.25. The molecule has 1 saturated carbocycles. The van der Waals surface area contributed by atoms with E-state index in [9.17, 15) is 0 Å². The highest BCUT2D eigenvalue weighted by Gasteiger charge is 2.37. The summed E-state index contributed by atoms with van der Waals surface area (Å²) in [5.41, 5.74) is 2.91. The predicted molar refractivity (Wildman–Crippen MR) is 70.5 cm³/mol. The second-order valence-corrected chi connectivity index (χ2v) is 5.74. The van der Waals surface area contributed by atoms with Crippen molar-refractivity contribution >= 4 is 0 Å². The highest BCUT2D eigenvalue weighted by molar-refractivity contribution is 5.24. The van der Waals surface area contributed by atoms with Crippen molar-refractivity contribution in [1.82, 2.24) is 15.1 Å². The number of aryl methyl sites for hydroxylation is 1. The van der Waals surface area contributed by atoms with E-state index >= 15 is 0 Å². The van der Waals surface area contributed by atoms with Crippen molar-refractivity contribution < 1.29 is 4.74 Å². The number of nitrogens with zero attached hydrogens (tertiary/aromatic N) is 2. The molecule has 2 aliphatic carbocycles. The van der Waals surface area contributed by atoms with E-state index in [4.69, 9.17) is 4.74 Å². The minimum absolute atomic E-state index is 0.111. The van der Waals surface area contributed by atoms with Crippen LogP contribution >= 0.6 is 0 Å². The largest absolute Gasteiger partial charge is 0.377 e. The lowest BCUT2D eigenvalue weighted by molar-refractivity contribution is -0.0711. The Bertz CT molecular complexity index is 417. The smallest absolute Gasteiger partial charge is 0.0802 e. The van der Waals surface area contributed by atoms with Crippen LogP contribution < -0.4 is 5.32 Å². The molecule has 1 aromatic rings. The molecule has 0 aliphatic heterocycles. The van der Waals surface area contributed by atoms with Crippen LogP contribution in [0.1, 0.15) is 49.4 Å². The maximum atomic E-state index is 5.67. The molecule has 0 amide bonds. The molecule has 3 rings (SSSR count). The molecule has 1 heterocycles. The molecule has 0 spiro atoms. The molecule has 4 heteroatoms. The highest BCUT2D eigenvalue weighted by Crippen LogP contribution is 2.36. The summed E-state index contributed by atoms with van der Waals surface area (Å²) in [6.45, 7) is 0.975. The van der Waals surface area contributed by atoms with Crippen molar-refractivity contribution in [1.29, 1.82) is 0 Å². The third kappa shape index (κ3) is 1.97. The Labute approximate surface area is 109 Å². The number of fused-ring (bicyclic) bond motifs is 1. The molecule has 1 atom stereocenters. The zero-order valence-corrected chi connectivity index (χ0v) is 11.4. The lowest BCUT2D eigenvalue weighted by Gasteiger charge is -2.42. The van der Waals surface area contributed by atoms with E-state index in [0.717, 1.165) is 6.54 Å². The minimum Gasteiger partial charge on any atom is -0.377 e. The summed E-state index contributed by atoms with van der Waals surface area (Å²) in [5, 5.41) is 8.10. The summed E-state index contributed by atoms with van der Waals surface area (Å²) in [6.07, 6.45) is 9.37. The average molecular weight is 249 g/mol. The lowest BCUT2D eigenvalue weighted by Crippen LogP contribution is -2.49. The number of ether oxygens (including phenoxy) is 1. The summed E-state index contributed by atoms with van der Waals surface area (Å²) >= 11 is 0. The summed E-state index contributed by atoms with van der Waals surface area (Å²) in [4.78, 5) is 0. The van der Waals surface area contributed by atoms with Crippen molar-refractivity contribution in [2.45, 2.75) is 50.2 Å². The van der Waals surface area contributed by atoms with Crippen molar-refractivity contribution in [3.05, 3.63) is 17.5 Å². The minimum atomic E-state index is 0.111. The van der Waals surface area contributed by atoms with Crippen LogP contribution in [0.25, 0.3) is 0 Å². The molecule has 0 radical (unpaired) electrons. The molecule has 2 aliphatic rings. The Kier molecular flexibility index (Phi) is 3.16. The van der Waals surface area contributed by atoms with Gasteiger partial charge in [0.25, 0.3) is 0 Å². The standard InChI is InChI=1S/C14H23N3O/c1-17-13-6-3-5-12(11(13)9-16-17)15-10-14(18-2)7-4-8-14/h9,12,15H,3-8,10H2,1-2H3. The fraction of sp³-hybridized carbons (Fsp3) is 0.786. The van der Waals surface area contributed by atoms with E-state index in [1.54, 1.807) is 0 Å². The highest BCUT2D eigenvalue weighted by atomic mass is 16.5. The van der Waals surface area contributed by atoms with Crippen LogP contribution in [0.3, 0.4) is 0 Å². The van der Waals surface area contributed by atoms with Crippen LogP contribution in [0.2, 0.25) is 0 Å². The van der Waals surface area contributed by atoms with Crippen molar-refractivity contribution in [2.75, 3.05) is 13.7 Å². The SMILES string of the molecule is COC1(CNC2CCCc3c2cnn3C)CCC1. The first-order valence-electron chi connectivity index (χ1n) is 7.03. The van der Waals surface area contributed by atoms with Crippen LogP contribution in [0.4, 0.5) is 0 Å². The maximum absolute atomic E-state index is 5.67. The Morgan fingerprint density at radius 2 is 2.33 bits per heavy atom. The summed E-state index contributed by atoms with van der Waals surface area (Å²) in [5.74, 6) is 0. The van der Waals surface area contributed by atoms with Gasteiger partial charge in [-0.1, -0.05) is 0 Å². The van der Waals surface area contributed by atoms with Gasteiger partial charge in [0.1, 0.15) is 0 Å². The van der Waals surface area contributed by atoms with Gasteiger partial charge in [0.2, 0.25) is 0 Å². The van der Waals surface area contributed by atoms with E-state index in [-0.39, 0.29) is 5.60 Å². The van der Waals surface area contributed by atoms with Crippen LogP contribution in [0.5, 0.6) is 0 Å². The number of methoxy groups -OCH3 is 1. The predicted octanol–water partition coefficient (Wildman–Crippen LogP) is 1.96. The van der Waals surface area contributed by atoms with Crippen molar-refractivity contribution in [3.8, 4) is 0 Å². The third-order valence-electron chi connectivity index (χ3n) is 4.74. The Balaban J connectivity index is 1.67. The molecular formula is C14H23N3O. The average Bonchev–Trinajstić information content (AvgIpc) is 2.72. The first-order valence-corrected chi connectivity index (χ1v) is 7.03. The van der Waals surface area contributed by atoms with Gasteiger partial charge in [-0.3, -0.25) is 4.68 Å². The second kappa shape index (κ2) is 4.67. The number of hydrogen-bond donors (Lipinski definition) is 1. The zero-order valence-electron chi connectivity index (χ0n) is 11.4. The molecule has 0 bridgehead atoms. The van der Waals surface area contributed by atoms with E-state index in [1.807, 2.05) is 25.0 Å². The second-order valence-electron chi connectivity index (χ2n) is 5.74. The molecule has 0 saturated heterocycles. The van der Waals surface area contributed by atoms with Crippen LogP contribution in [-0.4, -0.2) is 29.0 Å². The number of rotatable bonds is 4. The summed E-state index contributed by atoms with van der Waals surface area (Å²) in [6, 6.07) is 0.468. The van der Waals surface area contributed by atoms with Gasteiger partial charge in [-0.2, -0.15) is 5.10 Å². The first-order chi connectivity index (χ1) is 8.74. The monoisotopic (exact) mass is 249 g/mol. The molecule has 100 valence electrons. The van der Waals surface area contributed by atoms with Crippen LogP contribution in [-0.2, 0) is 18.2 Å². The Morgan fingerprint density at radius 3 is 3.00 bits per heavy atom. The molecule has 1 N–H and O–H groups in total. The molecular weight excluding hydrogens is 226 g/mol. The number of hydrogen-bond acceptors (Lipinski definition) is 3. The fourth-order valence-electron chi connectivity index (χ4n) is 3.25. The molecule has 18 heavy (non-hydrogen) atoms. The number of aromatic nitrogens is 2. The molecule has 1 unspecified atom stereocenters. The van der Waals surface area contributed by atoms with E-state index in [2.05, 4.69) is 10.4 Å². The number of nitrogens with one attached hydrogen (secondary N) is 1. The van der Waals surface area contributed by atoms with Crippen LogP contribution in [0, 0.1) is 0 Å².